The van der Waals surface area contributed by atoms with E-state index in [1.807, 2.05) is 0 Å². The third-order valence-electron chi connectivity index (χ3n) is 5.09. The molecule has 3 aromatic rings. The Bertz CT molecular complexity index is 1010. The Kier molecular flexibility index (Phi) is 4.45. The summed E-state index contributed by atoms with van der Waals surface area (Å²) in [6.45, 7) is 1.28. The SMILES string of the molecule is Fc1ccc(C2(CNc3c(F)c(C(F)(F)F)nc4ccccc34)CNC2)cc1. The second-order valence-electron chi connectivity index (χ2n) is 6.91. The third-order valence-corrected chi connectivity index (χ3v) is 5.09. The molecule has 28 heavy (non-hydrogen) atoms. The highest BCUT2D eigenvalue weighted by Crippen LogP contribution is 2.37. The van der Waals surface area contributed by atoms with Gasteiger partial charge in [0.05, 0.1) is 11.2 Å². The van der Waals surface area contributed by atoms with Gasteiger partial charge in [0.1, 0.15) is 5.82 Å². The van der Waals surface area contributed by atoms with E-state index in [-0.39, 0.29) is 29.0 Å². The van der Waals surface area contributed by atoms with Gasteiger partial charge in [0.2, 0.25) is 0 Å². The number of pyridine rings is 1. The number of benzene rings is 2. The topological polar surface area (TPSA) is 37.0 Å². The summed E-state index contributed by atoms with van der Waals surface area (Å²) in [5.41, 5.74) is -1.36. The van der Waals surface area contributed by atoms with Crippen molar-refractivity contribution in [1.82, 2.24) is 10.3 Å². The molecule has 0 bridgehead atoms. The maximum Gasteiger partial charge on any atom is 0.436 e. The minimum atomic E-state index is -4.91. The number of fused-ring (bicyclic) bond motifs is 1. The van der Waals surface area contributed by atoms with E-state index in [0.717, 1.165) is 5.56 Å². The van der Waals surface area contributed by atoms with Gasteiger partial charge in [-0.05, 0) is 23.8 Å². The first-order valence-corrected chi connectivity index (χ1v) is 8.66. The highest BCUT2D eigenvalue weighted by atomic mass is 19.4. The summed E-state index contributed by atoms with van der Waals surface area (Å²) >= 11 is 0. The average Bonchev–Trinajstić information content (AvgIpc) is 2.62. The Balaban J connectivity index is 1.73. The molecule has 0 aliphatic carbocycles. The second kappa shape index (κ2) is 6.70. The number of halogens is 5. The minimum Gasteiger partial charge on any atom is -0.381 e. The van der Waals surface area contributed by atoms with Crippen LogP contribution < -0.4 is 10.6 Å². The highest BCUT2D eigenvalue weighted by Gasteiger charge is 2.41. The molecular formula is C20H16F5N3. The molecule has 0 radical (unpaired) electrons. The summed E-state index contributed by atoms with van der Waals surface area (Å²) in [6, 6.07) is 12.0. The van der Waals surface area contributed by atoms with Crippen LogP contribution in [0, 0.1) is 11.6 Å². The number of nitrogens with one attached hydrogen (secondary N) is 2. The molecule has 1 saturated heterocycles. The van der Waals surface area contributed by atoms with Crippen molar-refractivity contribution in [3.05, 3.63) is 71.4 Å². The molecule has 8 heteroatoms. The van der Waals surface area contributed by atoms with Gasteiger partial charge in [-0.2, -0.15) is 13.2 Å². The third kappa shape index (κ3) is 3.17. The predicted molar refractivity (Wildman–Crippen MR) is 96.1 cm³/mol. The zero-order chi connectivity index (χ0) is 19.9. The fourth-order valence-electron chi connectivity index (χ4n) is 3.47. The number of anilines is 1. The molecule has 1 aromatic heterocycles. The fraction of sp³-hybridized carbons (Fsp3) is 0.250. The lowest BCUT2D eigenvalue weighted by molar-refractivity contribution is -0.143. The normalized spacial score (nSPS) is 16.0. The molecule has 2 heterocycles. The fourth-order valence-corrected chi connectivity index (χ4v) is 3.47. The number of alkyl halides is 3. The Morgan fingerprint density at radius 1 is 1.00 bits per heavy atom. The van der Waals surface area contributed by atoms with Crippen molar-refractivity contribution in [2.45, 2.75) is 11.6 Å². The number of aromatic nitrogens is 1. The molecule has 0 unspecified atom stereocenters. The van der Waals surface area contributed by atoms with Crippen LogP contribution in [0.5, 0.6) is 0 Å². The van der Waals surface area contributed by atoms with Crippen molar-refractivity contribution >= 4 is 16.6 Å². The monoisotopic (exact) mass is 393 g/mol. The molecule has 0 atom stereocenters. The number of hydrogen-bond donors (Lipinski definition) is 2. The van der Waals surface area contributed by atoms with E-state index < -0.39 is 23.1 Å². The Morgan fingerprint density at radius 2 is 1.68 bits per heavy atom. The molecule has 1 fully saturated rings. The molecule has 0 saturated carbocycles. The zero-order valence-electron chi connectivity index (χ0n) is 14.6. The first-order chi connectivity index (χ1) is 13.3. The van der Waals surface area contributed by atoms with Crippen molar-refractivity contribution in [3.63, 3.8) is 0 Å². The van der Waals surface area contributed by atoms with E-state index in [0.29, 0.717) is 13.1 Å². The number of nitrogens with zero attached hydrogens (tertiary/aromatic N) is 1. The minimum absolute atomic E-state index is 0.0568. The maximum absolute atomic E-state index is 14.7. The van der Waals surface area contributed by atoms with E-state index in [4.69, 9.17) is 0 Å². The van der Waals surface area contributed by atoms with Gasteiger partial charge < -0.3 is 10.6 Å². The van der Waals surface area contributed by atoms with E-state index >= 15 is 0 Å². The van der Waals surface area contributed by atoms with E-state index in [1.54, 1.807) is 24.3 Å². The first-order valence-electron chi connectivity index (χ1n) is 8.66. The quantitative estimate of drug-likeness (QED) is 0.642. The van der Waals surface area contributed by atoms with Crippen LogP contribution in [0.1, 0.15) is 11.3 Å². The maximum atomic E-state index is 14.7. The van der Waals surface area contributed by atoms with Gasteiger partial charge in [0, 0.05) is 30.4 Å². The number of rotatable bonds is 4. The van der Waals surface area contributed by atoms with Crippen LogP contribution >= 0.6 is 0 Å². The predicted octanol–water partition coefficient (Wildman–Crippen LogP) is 4.48. The Morgan fingerprint density at radius 3 is 2.29 bits per heavy atom. The van der Waals surface area contributed by atoms with Gasteiger partial charge in [-0.25, -0.2) is 13.8 Å². The van der Waals surface area contributed by atoms with Crippen LogP contribution in [0.3, 0.4) is 0 Å². The molecule has 1 aliphatic heterocycles. The van der Waals surface area contributed by atoms with Crippen LogP contribution in [0.2, 0.25) is 0 Å². The van der Waals surface area contributed by atoms with Crippen LogP contribution in [0.15, 0.2) is 48.5 Å². The van der Waals surface area contributed by atoms with Gasteiger partial charge in [0.25, 0.3) is 0 Å². The van der Waals surface area contributed by atoms with Gasteiger partial charge >= 0.3 is 6.18 Å². The highest BCUT2D eigenvalue weighted by molar-refractivity contribution is 5.92. The summed E-state index contributed by atoms with van der Waals surface area (Å²) in [5, 5.41) is 6.27. The van der Waals surface area contributed by atoms with Crippen molar-refractivity contribution in [2.24, 2.45) is 0 Å². The Hall–Kier alpha value is -2.74. The molecular weight excluding hydrogens is 377 g/mol. The first kappa shape index (κ1) is 18.6. The largest absolute Gasteiger partial charge is 0.436 e. The molecule has 2 aromatic carbocycles. The van der Waals surface area contributed by atoms with Gasteiger partial charge in [-0.3, -0.25) is 0 Å². The van der Waals surface area contributed by atoms with E-state index in [1.165, 1.54) is 24.3 Å². The van der Waals surface area contributed by atoms with Crippen molar-refractivity contribution < 1.29 is 22.0 Å². The molecule has 0 spiro atoms. The number of hydrogen-bond acceptors (Lipinski definition) is 3. The molecule has 1 aliphatic rings. The molecule has 3 nitrogen and oxygen atoms in total. The van der Waals surface area contributed by atoms with Crippen molar-refractivity contribution in [3.8, 4) is 0 Å². The Labute approximate surface area is 157 Å². The van der Waals surface area contributed by atoms with Crippen LogP contribution in [0.4, 0.5) is 27.6 Å². The summed E-state index contributed by atoms with van der Waals surface area (Å²) in [6.07, 6.45) is -4.91. The lowest BCUT2D eigenvalue weighted by atomic mass is 9.75. The molecule has 146 valence electrons. The zero-order valence-corrected chi connectivity index (χ0v) is 14.6. The standard InChI is InChI=1S/C20H16F5N3/c21-13-7-5-12(6-8-13)19(9-26-10-19)11-27-17-14-3-1-2-4-15(14)28-18(16(17)22)20(23,24)25/h1-8,26H,9-11H2,(H,27,28). The second-order valence-corrected chi connectivity index (χ2v) is 6.91. The van der Waals surface area contributed by atoms with Gasteiger partial charge in [-0.1, -0.05) is 30.3 Å². The molecule has 4 rings (SSSR count). The smallest absolute Gasteiger partial charge is 0.381 e. The van der Waals surface area contributed by atoms with E-state index in [2.05, 4.69) is 15.6 Å². The van der Waals surface area contributed by atoms with Gasteiger partial charge in [-0.15, -0.1) is 0 Å². The van der Waals surface area contributed by atoms with Crippen molar-refractivity contribution in [1.29, 1.82) is 0 Å². The summed E-state index contributed by atoms with van der Waals surface area (Å²) in [7, 11) is 0. The summed E-state index contributed by atoms with van der Waals surface area (Å²) in [4.78, 5) is 3.46. The summed E-state index contributed by atoms with van der Waals surface area (Å²) < 4.78 is 67.7. The lowest BCUT2D eigenvalue weighted by Crippen LogP contribution is -2.60. The van der Waals surface area contributed by atoms with E-state index in [9.17, 15) is 22.0 Å². The molecule has 0 amide bonds. The average molecular weight is 393 g/mol. The molecule has 2 N–H and O–H groups in total. The lowest BCUT2D eigenvalue weighted by Gasteiger charge is -2.43. The van der Waals surface area contributed by atoms with Crippen LogP contribution in [0.25, 0.3) is 10.9 Å². The summed E-state index contributed by atoms with van der Waals surface area (Å²) in [5.74, 6) is -1.80. The number of para-hydroxylation sites is 1. The van der Waals surface area contributed by atoms with Gasteiger partial charge in [0.15, 0.2) is 11.5 Å². The van der Waals surface area contributed by atoms with Crippen LogP contribution in [-0.4, -0.2) is 24.6 Å². The van der Waals surface area contributed by atoms with Crippen molar-refractivity contribution in [2.75, 3.05) is 25.0 Å². The van der Waals surface area contributed by atoms with Crippen LogP contribution in [-0.2, 0) is 11.6 Å².